The number of likely N-dealkylation sites (N-methyl/N-ethyl adjacent to an activating group) is 1. The van der Waals surface area contributed by atoms with Gasteiger partial charge in [0.1, 0.15) is 12.6 Å². The van der Waals surface area contributed by atoms with E-state index in [9.17, 15) is 9.69 Å². The van der Waals surface area contributed by atoms with Crippen LogP contribution in [0.3, 0.4) is 0 Å². The van der Waals surface area contributed by atoms with Crippen LogP contribution in [0.15, 0.2) is 0 Å². The molecule has 0 aliphatic rings. The maximum atomic E-state index is 10.9. The molecule has 0 aromatic rings. The number of hydrogen-bond donors (Lipinski definition) is 2. The average Bonchev–Trinajstić information content (AvgIpc) is 2.56. The topological polar surface area (TPSA) is 85.2 Å². The van der Waals surface area contributed by atoms with Crippen molar-refractivity contribution in [1.29, 1.82) is 0 Å². The summed E-state index contributed by atoms with van der Waals surface area (Å²) in [6, 6.07) is 0. The molecule has 0 aromatic carbocycles. The van der Waals surface area contributed by atoms with Gasteiger partial charge in [0.2, 0.25) is 0 Å². The largest absolute Gasteiger partial charge is 0.481 e. The van der Waals surface area contributed by atoms with Gasteiger partial charge in [-0.15, -0.1) is 0 Å². The number of quaternary nitrogens is 1. The molecule has 7 nitrogen and oxygen atoms in total. The van der Waals surface area contributed by atoms with Gasteiger partial charge < -0.3 is 28.3 Å². The molecular weight excluding hydrogens is 381 g/mol. The molecule has 0 aliphatic heterocycles. The van der Waals surface area contributed by atoms with Gasteiger partial charge in [0, 0.05) is 13.2 Å². The van der Waals surface area contributed by atoms with Crippen molar-refractivity contribution in [3.05, 3.63) is 0 Å². The zero-order chi connectivity index (χ0) is 21.3. The first-order valence-corrected chi connectivity index (χ1v) is 11.8. The Bertz CT molecular complexity index is 378. The normalized spacial score (nSPS) is 14.2. The smallest absolute Gasteiger partial charge is 0.330 e. The van der Waals surface area contributed by atoms with Crippen molar-refractivity contribution in [1.82, 2.24) is 0 Å². The fourth-order valence-electron chi connectivity index (χ4n) is 2.81. The molecule has 0 amide bonds. The minimum atomic E-state index is -2.06. The van der Waals surface area contributed by atoms with Gasteiger partial charge in [0.15, 0.2) is 0 Å². The second-order valence-electron chi connectivity index (χ2n) is 8.31. The average molecular weight is 425 g/mol. The Hall–Kier alpha value is -0.300. The summed E-state index contributed by atoms with van der Waals surface area (Å²) in [4.78, 5) is 20.8. The van der Waals surface area contributed by atoms with Crippen LogP contribution in [0.1, 0.15) is 71.1 Å². The Morgan fingerprint density at radius 2 is 1.46 bits per heavy atom. The van der Waals surface area contributed by atoms with Crippen LogP contribution in [0.2, 0.25) is 0 Å². The van der Waals surface area contributed by atoms with Gasteiger partial charge in [-0.1, -0.05) is 45.4 Å². The highest BCUT2D eigenvalue weighted by Gasteiger charge is 2.25. The number of hydrogen-bond acceptors (Lipinski definition) is 5. The van der Waals surface area contributed by atoms with Crippen LogP contribution < -0.4 is 0 Å². The zero-order valence-corrected chi connectivity index (χ0v) is 19.3. The number of ether oxygens (including phenoxy) is 1. The fraction of sp³-hybridized carbons (Fsp3) is 0.950. The minimum Gasteiger partial charge on any atom is -0.481 e. The lowest BCUT2D eigenvalue weighted by atomic mass is 10.1. The van der Waals surface area contributed by atoms with E-state index in [1.807, 2.05) is 21.1 Å². The number of nitrogens with zero attached hydrogens (tertiary/aromatic N) is 1. The first-order valence-electron chi connectivity index (χ1n) is 10.6. The molecule has 28 heavy (non-hydrogen) atoms. The molecule has 2 N–H and O–H groups in total. The molecule has 2 atom stereocenters. The molecule has 0 bridgehead atoms. The van der Waals surface area contributed by atoms with Crippen LogP contribution in [0, 0.1) is 0 Å². The molecule has 168 valence electrons. The van der Waals surface area contributed by atoms with Gasteiger partial charge in [-0.05, 0) is 19.3 Å². The molecule has 0 heterocycles. The molecule has 0 rings (SSSR count). The van der Waals surface area contributed by atoms with E-state index in [0.29, 0.717) is 24.2 Å². The Morgan fingerprint density at radius 1 is 0.929 bits per heavy atom. The predicted molar refractivity (Wildman–Crippen MR) is 113 cm³/mol. The van der Waals surface area contributed by atoms with Crippen molar-refractivity contribution in [3.8, 4) is 0 Å². The standard InChI is InChI=1S/C20H42NO6P/c1-5-6-7-8-9-10-11-14-25-15-12-13-16-26-28(24)27-19(17-20(22)23)18-21(2,3)4/h19,24H,5-18H2,1-4H3/p+1/t19?,28-/m1/s1. The summed E-state index contributed by atoms with van der Waals surface area (Å²) in [5, 5.41) is 8.98. The van der Waals surface area contributed by atoms with E-state index in [-0.39, 0.29) is 6.42 Å². The van der Waals surface area contributed by atoms with E-state index in [0.717, 1.165) is 25.9 Å². The number of carbonyl (C=O) groups is 1. The first-order chi connectivity index (χ1) is 13.2. The lowest BCUT2D eigenvalue weighted by Gasteiger charge is -2.29. The number of unbranched alkanes of at least 4 members (excludes halogenated alkanes) is 7. The van der Waals surface area contributed by atoms with Crippen LogP contribution in [-0.4, -0.2) is 74.1 Å². The van der Waals surface area contributed by atoms with E-state index in [1.54, 1.807) is 0 Å². The number of carboxylic acid groups (broad SMARTS) is 1. The minimum absolute atomic E-state index is 0.148. The van der Waals surface area contributed by atoms with Gasteiger partial charge in [-0.25, -0.2) is 0 Å². The number of rotatable bonds is 20. The third-order valence-corrected chi connectivity index (χ3v) is 5.05. The molecule has 0 radical (unpaired) electrons. The van der Waals surface area contributed by atoms with Crippen molar-refractivity contribution in [2.45, 2.75) is 77.2 Å². The first kappa shape index (κ1) is 27.7. The van der Waals surface area contributed by atoms with Gasteiger partial charge >= 0.3 is 14.6 Å². The quantitative estimate of drug-likeness (QED) is 0.172. The third kappa shape index (κ3) is 20.4. The summed E-state index contributed by atoms with van der Waals surface area (Å²) < 4.78 is 16.9. The van der Waals surface area contributed by atoms with Crippen molar-refractivity contribution in [2.75, 3.05) is 47.5 Å². The molecule has 0 fully saturated rings. The van der Waals surface area contributed by atoms with Gasteiger partial charge in [-0.3, -0.25) is 4.79 Å². The van der Waals surface area contributed by atoms with Crippen LogP contribution in [0.25, 0.3) is 0 Å². The Kier molecular flexibility index (Phi) is 17.4. The summed E-state index contributed by atoms with van der Waals surface area (Å²) in [6.07, 6.45) is 9.90. The van der Waals surface area contributed by atoms with Gasteiger partial charge in [0.25, 0.3) is 0 Å². The Labute approximate surface area is 172 Å². The van der Waals surface area contributed by atoms with Crippen LogP contribution in [0.4, 0.5) is 0 Å². The van der Waals surface area contributed by atoms with Crippen LogP contribution in [-0.2, 0) is 18.6 Å². The third-order valence-electron chi connectivity index (χ3n) is 4.17. The van der Waals surface area contributed by atoms with Crippen LogP contribution in [0.5, 0.6) is 0 Å². The van der Waals surface area contributed by atoms with Crippen molar-refractivity contribution < 1.29 is 33.1 Å². The highest BCUT2D eigenvalue weighted by atomic mass is 31.2. The van der Waals surface area contributed by atoms with E-state index in [1.165, 1.54) is 38.5 Å². The molecular formula is C20H43NO6P+. The molecule has 0 aliphatic carbocycles. The molecule has 0 spiro atoms. The predicted octanol–water partition coefficient (Wildman–Crippen LogP) is 4.34. The summed E-state index contributed by atoms with van der Waals surface area (Å²) in [7, 11) is 3.79. The van der Waals surface area contributed by atoms with Gasteiger partial charge in [0.05, 0.1) is 34.2 Å². The zero-order valence-electron chi connectivity index (χ0n) is 18.4. The molecule has 8 heteroatoms. The Morgan fingerprint density at radius 3 is 2.04 bits per heavy atom. The highest BCUT2D eigenvalue weighted by molar-refractivity contribution is 7.40. The molecule has 0 saturated heterocycles. The monoisotopic (exact) mass is 424 g/mol. The number of aliphatic carboxylic acids is 1. The lowest BCUT2D eigenvalue weighted by molar-refractivity contribution is -0.873. The van der Waals surface area contributed by atoms with E-state index >= 15 is 0 Å². The maximum absolute atomic E-state index is 10.9. The Balaban J connectivity index is 3.61. The summed E-state index contributed by atoms with van der Waals surface area (Å²) >= 11 is 0. The second-order valence-corrected chi connectivity index (χ2v) is 9.25. The van der Waals surface area contributed by atoms with E-state index in [4.69, 9.17) is 18.9 Å². The molecule has 0 aromatic heterocycles. The summed E-state index contributed by atoms with van der Waals surface area (Å²) in [6.45, 7) is 4.61. The maximum Gasteiger partial charge on any atom is 0.330 e. The van der Waals surface area contributed by atoms with Crippen molar-refractivity contribution >= 4 is 14.6 Å². The lowest BCUT2D eigenvalue weighted by Crippen LogP contribution is -2.42. The highest BCUT2D eigenvalue weighted by Crippen LogP contribution is 2.35. The van der Waals surface area contributed by atoms with Crippen LogP contribution >= 0.6 is 8.60 Å². The van der Waals surface area contributed by atoms with Crippen molar-refractivity contribution in [3.63, 3.8) is 0 Å². The SMILES string of the molecule is CCCCCCCCCOCCCCO[P@@](O)OC(CC(=O)O)C[N+](C)(C)C. The van der Waals surface area contributed by atoms with E-state index in [2.05, 4.69) is 6.92 Å². The fourth-order valence-corrected chi connectivity index (χ4v) is 3.55. The number of carboxylic acids is 1. The second kappa shape index (κ2) is 17.5. The molecule has 1 unspecified atom stereocenters. The van der Waals surface area contributed by atoms with Gasteiger partial charge in [-0.2, -0.15) is 0 Å². The summed E-state index contributed by atoms with van der Waals surface area (Å²) in [5.41, 5.74) is 0. The van der Waals surface area contributed by atoms with E-state index < -0.39 is 20.7 Å². The summed E-state index contributed by atoms with van der Waals surface area (Å²) in [5.74, 6) is -0.944. The molecule has 0 saturated carbocycles. The van der Waals surface area contributed by atoms with Crippen molar-refractivity contribution in [2.24, 2.45) is 0 Å².